The number of aryl methyl sites for hydroxylation is 1. The number of benzene rings is 2. The zero-order chi connectivity index (χ0) is 21.3. The van der Waals surface area contributed by atoms with Gasteiger partial charge >= 0.3 is 0 Å². The molecule has 1 aromatic heterocycles. The number of nitrogens with zero attached hydrogens (tertiary/aromatic N) is 3. The Morgan fingerprint density at radius 1 is 1.20 bits per heavy atom. The van der Waals surface area contributed by atoms with E-state index < -0.39 is 10.0 Å². The van der Waals surface area contributed by atoms with Crippen LogP contribution in [0.25, 0.3) is 0 Å². The Balaban J connectivity index is 1.59. The van der Waals surface area contributed by atoms with Crippen molar-refractivity contribution in [3.63, 3.8) is 0 Å². The molecule has 4 rings (SSSR count). The monoisotopic (exact) mass is 448 g/mol. The molecule has 6 nitrogen and oxygen atoms in total. The molecule has 0 bridgehead atoms. The number of hydrogen-bond acceptors (Lipinski definition) is 4. The topological polar surface area (TPSA) is 67.2 Å². The van der Waals surface area contributed by atoms with Crippen LogP contribution in [0.2, 0.25) is 5.02 Å². The molecule has 0 spiro atoms. The molecule has 3 aromatic rings. The third-order valence-electron chi connectivity index (χ3n) is 5.33. The number of imidazole rings is 1. The number of nitrogens with one attached hydrogen (secondary N) is 1. The zero-order valence-electron chi connectivity index (χ0n) is 16.4. The van der Waals surface area contributed by atoms with Gasteiger partial charge in [-0.2, -0.15) is 4.31 Å². The fourth-order valence-corrected chi connectivity index (χ4v) is 5.44. The van der Waals surface area contributed by atoms with E-state index >= 15 is 0 Å². The van der Waals surface area contributed by atoms with E-state index in [1.807, 2.05) is 24.3 Å². The third-order valence-corrected chi connectivity index (χ3v) is 7.28. The van der Waals surface area contributed by atoms with Crippen LogP contribution in [0.15, 0.2) is 66.1 Å². The molecule has 2 atom stereocenters. The Labute approximate surface area is 180 Å². The molecule has 1 N–H and O–H groups in total. The third kappa shape index (κ3) is 4.41. The maximum absolute atomic E-state index is 13.4. The van der Waals surface area contributed by atoms with Crippen molar-refractivity contribution >= 4 is 21.6 Å². The zero-order valence-corrected chi connectivity index (χ0v) is 17.9. The van der Waals surface area contributed by atoms with E-state index in [0.717, 1.165) is 11.1 Å². The van der Waals surface area contributed by atoms with E-state index in [1.54, 1.807) is 23.7 Å². The van der Waals surface area contributed by atoms with Crippen molar-refractivity contribution < 1.29 is 12.8 Å². The molecule has 0 radical (unpaired) electrons. The van der Waals surface area contributed by atoms with Gasteiger partial charge in [-0.1, -0.05) is 35.9 Å². The van der Waals surface area contributed by atoms with Gasteiger partial charge in [0.05, 0.1) is 6.33 Å². The highest BCUT2D eigenvalue weighted by molar-refractivity contribution is 7.89. The average molecular weight is 449 g/mol. The lowest BCUT2D eigenvalue weighted by atomic mass is 9.94. The van der Waals surface area contributed by atoms with Crippen molar-refractivity contribution in [3.8, 4) is 0 Å². The molecule has 1 aliphatic rings. The Hall–Kier alpha value is -2.26. The van der Waals surface area contributed by atoms with E-state index in [-0.39, 0.29) is 29.3 Å². The number of aromatic nitrogens is 2. The van der Waals surface area contributed by atoms with Gasteiger partial charge in [0, 0.05) is 49.9 Å². The molecule has 0 aliphatic carbocycles. The summed E-state index contributed by atoms with van der Waals surface area (Å²) in [5.74, 6) is -0.443. The number of hydrogen-bond donors (Lipinski definition) is 1. The summed E-state index contributed by atoms with van der Waals surface area (Å²) >= 11 is 6.07. The predicted octanol–water partition coefficient (Wildman–Crippen LogP) is 3.16. The van der Waals surface area contributed by atoms with Gasteiger partial charge in [0.2, 0.25) is 0 Å². The number of rotatable bonds is 6. The van der Waals surface area contributed by atoms with Crippen LogP contribution >= 0.6 is 11.6 Å². The summed E-state index contributed by atoms with van der Waals surface area (Å²) in [6.45, 7) is 1.12. The van der Waals surface area contributed by atoms with Crippen molar-refractivity contribution in [1.82, 2.24) is 19.2 Å². The maximum atomic E-state index is 13.4. The fraction of sp³-hybridized carbons (Fsp3) is 0.286. The Kier molecular flexibility index (Phi) is 5.92. The minimum absolute atomic E-state index is 0.0262. The van der Waals surface area contributed by atoms with E-state index in [2.05, 4.69) is 10.3 Å². The lowest BCUT2D eigenvalue weighted by molar-refractivity contribution is 0.454. The van der Waals surface area contributed by atoms with Crippen LogP contribution in [0.3, 0.4) is 0 Å². The maximum Gasteiger partial charge on any atom is 0.262 e. The highest BCUT2D eigenvalue weighted by Gasteiger charge is 2.40. The minimum Gasteiger partial charge on any atom is -0.339 e. The highest BCUT2D eigenvalue weighted by Crippen LogP contribution is 2.31. The molecule has 2 heterocycles. The van der Waals surface area contributed by atoms with Gasteiger partial charge in [-0.15, -0.1) is 0 Å². The molecule has 1 aliphatic heterocycles. The van der Waals surface area contributed by atoms with E-state index in [4.69, 9.17) is 11.6 Å². The van der Waals surface area contributed by atoms with Crippen LogP contribution in [0.5, 0.6) is 0 Å². The van der Waals surface area contributed by atoms with E-state index in [0.29, 0.717) is 18.1 Å². The van der Waals surface area contributed by atoms with Crippen molar-refractivity contribution in [3.05, 3.63) is 83.0 Å². The summed E-state index contributed by atoms with van der Waals surface area (Å²) in [5, 5.41) is 4.14. The van der Waals surface area contributed by atoms with Gasteiger partial charge in [-0.25, -0.2) is 17.8 Å². The summed E-state index contributed by atoms with van der Waals surface area (Å²) < 4.78 is 42.6. The second-order valence-corrected chi connectivity index (χ2v) is 9.80. The minimum atomic E-state index is -3.72. The lowest BCUT2D eigenvalue weighted by Gasteiger charge is -2.20. The molecule has 2 unspecified atom stereocenters. The van der Waals surface area contributed by atoms with Gasteiger partial charge in [-0.05, 0) is 35.4 Å². The molecule has 30 heavy (non-hydrogen) atoms. The molecular weight excluding hydrogens is 427 g/mol. The molecule has 9 heteroatoms. The molecular formula is C21H22ClFN4O2S. The lowest BCUT2D eigenvalue weighted by Crippen LogP contribution is -2.36. The van der Waals surface area contributed by atoms with Crippen LogP contribution in [-0.2, 0) is 23.6 Å². The normalized spacial score (nSPS) is 20.0. The molecule has 1 saturated heterocycles. The molecule has 158 valence electrons. The second kappa shape index (κ2) is 8.47. The van der Waals surface area contributed by atoms with Crippen molar-refractivity contribution in [2.45, 2.75) is 23.5 Å². The van der Waals surface area contributed by atoms with E-state index in [1.165, 1.54) is 29.0 Å². The van der Waals surface area contributed by atoms with Gasteiger partial charge in [0.1, 0.15) is 5.82 Å². The molecule has 1 fully saturated rings. The first kappa shape index (κ1) is 21.0. The molecule has 0 saturated carbocycles. The van der Waals surface area contributed by atoms with Crippen LogP contribution in [0, 0.1) is 5.82 Å². The standard InChI is InChI=1S/C21H22ClFN4O2S/c1-26-13-21(25-14-26)30(28,29)27-11-19(16-5-7-18(23)8-6-16)20(12-27)24-10-15-3-2-4-17(22)9-15/h2-9,13-14,19-20,24H,10-12H2,1H3. The summed E-state index contributed by atoms with van der Waals surface area (Å²) in [6.07, 6.45) is 2.96. The second-order valence-electron chi connectivity index (χ2n) is 7.47. The first-order valence-electron chi connectivity index (χ1n) is 9.54. The summed E-state index contributed by atoms with van der Waals surface area (Å²) in [7, 11) is -1.99. The van der Waals surface area contributed by atoms with Crippen molar-refractivity contribution in [2.75, 3.05) is 13.1 Å². The first-order chi connectivity index (χ1) is 14.3. The first-order valence-corrected chi connectivity index (χ1v) is 11.4. The SMILES string of the molecule is Cn1cnc(S(=O)(=O)N2CC(NCc3cccc(Cl)c3)C(c3ccc(F)cc3)C2)c1. The highest BCUT2D eigenvalue weighted by atomic mass is 35.5. The predicted molar refractivity (Wildman–Crippen MR) is 113 cm³/mol. The van der Waals surface area contributed by atoms with Gasteiger partial charge in [0.25, 0.3) is 10.0 Å². The molecule has 0 amide bonds. The van der Waals surface area contributed by atoms with Crippen molar-refractivity contribution in [1.29, 1.82) is 0 Å². The largest absolute Gasteiger partial charge is 0.339 e. The van der Waals surface area contributed by atoms with Crippen LogP contribution in [0.4, 0.5) is 4.39 Å². The van der Waals surface area contributed by atoms with Crippen LogP contribution < -0.4 is 5.32 Å². The van der Waals surface area contributed by atoms with Crippen molar-refractivity contribution in [2.24, 2.45) is 7.05 Å². The molecule has 2 aromatic carbocycles. The van der Waals surface area contributed by atoms with Crippen LogP contribution in [-0.4, -0.2) is 41.4 Å². The smallest absolute Gasteiger partial charge is 0.262 e. The summed E-state index contributed by atoms with van der Waals surface area (Å²) in [4.78, 5) is 4.02. The number of sulfonamides is 1. The van der Waals surface area contributed by atoms with Crippen LogP contribution in [0.1, 0.15) is 17.0 Å². The Bertz CT molecular complexity index is 1130. The Morgan fingerprint density at radius 3 is 2.63 bits per heavy atom. The van der Waals surface area contributed by atoms with Gasteiger partial charge in [-0.3, -0.25) is 0 Å². The summed E-state index contributed by atoms with van der Waals surface area (Å²) in [5.41, 5.74) is 1.89. The van der Waals surface area contributed by atoms with Gasteiger partial charge in [0.15, 0.2) is 5.03 Å². The summed E-state index contributed by atoms with van der Waals surface area (Å²) in [6, 6.07) is 13.6. The Morgan fingerprint density at radius 2 is 1.97 bits per heavy atom. The quantitative estimate of drug-likeness (QED) is 0.629. The van der Waals surface area contributed by atoms with Gasteiger partial charge < -0.3 is 9.88 Å². The average Bonchev–Trinajstić information content (AvgIpc) is 3.34. The fourth-order valence-electron chi connectivity index (χ4n) is 3.77. The van der Waals surface area contributed by atoms with E-state index in [9.17, 15) is 12.8 Å². The number of halogens is 2.